The first-order chi connectivity index (χ1) is 18.9. The summed E-state index contributed by atoms with van der Waals surface area (Å²) in [6.45, 7) is 7.88. The number of hydrogen-bond donors (Lipinski definition) is 2. The molecule has 0 aliphatic rings. The summed E-state index contributed by atoms with van der Waals surface area (Å²) in [4.78, 5) is 34.0. The van der Waals surface area contributed by atoms with Crippen LogP contribution in [-0.4, -0.2) is 29.5 Å². The third-order valence-corrected chi connectivity index (χ3v) is 5.94. The smallest absolute Gasteiger partial charge is 0.343 e. The van der Waals surface area contributed by atoms with E-state index in [2.05, 4.69) is 26.1 Å². The zero-order valence-corrected chi connectivity index (χ0v) is 22.9. The monoisotopic (exact) mass is 541 g/mol. The van der Waals surface area contributed by atoms with Crippen LogP contribution in [0.1, 0.15) is 52.6 Å². The van der Waals surface area contributed by atoms with Gasteiger partial charge in [0.15, 0.2) is 0 Å². The molecule has 40 heavy (non-hydrogen) atoms. The van der Waals surface area contributed by atoms with Crippen LogP contribution in [0.5, 0.6) is 5.75 Å². The number of ether oxygens (including phenoxy) is 1. The van der Waals surface area contributed by atoms with Gasteiger partial charge in [0.05, 0.1) is 5.56 Å². The molecular weight excluding hydrogens is 509 g/mol. The maximum absolute atomic E-state index is 12.9. The van der Waals surface area contributed by atoms with Crippen molar-refractivity contribution in [2.75, 3.05) is 6.54 Å². The number of carbonyl (C=O) groups excluding carboxylic acids is 2. The molecule has 7 heteroatoms. The Hall–Kier alpha value is -4.78. The number of aryl methyl sites for hydroxylation is 1. The maximum Gasteiger partial charge on any atom is 0.343 e. The molecule has 0 aliphatic carbocycles. The van der Waals surface area contributed by atoms with Crippen LogP contribution in [0.3, 0.4) is 0 Å². The van der Waals surface area contributed by atoms with E-state index in [1.54, 1.807) is 48.5 Å². The van der Waals surface area contributed by atoms with Gasteiger partial charge in [-0.1, -0.05) is 74.9 Å². The predicted octanol–water partition coefficient (Wildman–Crippen LogP) is 6.82. The number of halogens is 1. The van der Waals surface area contributed by atoms with Gasteiger partial charge in [-0.05, 0) is 77.6 Å². The van der Waals surface area contributed by atoms with E-state index in [4.69, 9.17) is 9.84 Å². The van der Waals surface area contributed by atoms with Crippen molar-refractivity contribution < 1.29 is 28.6 Å². The van der Waals surface area contributed by atoms with Gasteiger partial charge in [0.1, 0.15) is 18.1 Å². The highest BCUT2D eigenvalue weighted by molar-refractivity contribution is 5.95. The SMILES string of the molecule is CC(C)(C)c1ccc(C(=O)NCC(=O)O)cc1.Cc1ccc(OC(=O)c2ccc(-c3ccc(F)cc3)cc2)cc1. The molecule has 2 N–H and O–H groups in total. The Balaban J connectivity index is 0.000000232. The Morgan fingerprint density at radius 3 is 1.75 bits per heavy atom. The standard InChI is InChI=1S/C20H15FO2.C13H17NO3/c1-14-2-12-19(13-3-14)23-20(22)17-6-4-15(5-7-17)16-8-10-18(21)11-9-16;1-13(2,3)10-6-4-9(5-7-10)12(17)14-8-11(15)16/h2-13H,1H3;4-7H,8H2,1-3H3,(H,14,17)(H,15,16). The number of carbonyl (C=O) groups is 3. The molecule has 4 rings (SSSR count). The number of hydrogen-bond acceptors (Lipinski definition) is 4. The second kappa shape index (κ2) is 13.3. The molecule has 4 aromatic carbocycles. The van der Waals surface area contributed by atoms with Gasteiger partial charge in [-0.15, -0.1) is 0 Å². The molecule has 206 valence electrons. The number of amides is 1. The molecule has 0 bridgehead atoms. The quantitative estimate of drug-likeness (QED) is 0.206. The van der Waals surface area contributed by atoms with Crippen LogP contribution in [-0.2, 0) is 10.2 Å². The second-order valence-corrected chi connectivity index (χ2v) is 10.2. The third kappa shape index (κ3) is 8.91. The molecule has 4 aromatic rings. The van der Waals surface area contributed by atoms with E-state index in [0.717, 1.165) is 22.3 Å². The molecule has 1 amide bonds. The number of benzene rings is 4. The van der Waals surface area contributed by atoms with Gasteiger partial charge in [-0.3, -0.25) is 9.59 Å². The Labute approximate surface area is 233 Å². The van der Waals surface area contributed by atoms with E-state index < -0.39 is 11.9 Å². The highest BCUT2D eigenvalue weighted by atomic mass is 19.1. The average Bonchev–Trinajstić information content (AvgIpc) is 2.93. The van der Waals surface area contributed by atoms with Crippen LogP contribution in [0.15, 0.2) is 97.1 Å². The van der Waals surface area contributed by atoms with E-state index in [1.807, 2.05) is 43.3 Å². The summed E-state index contributed by atoms with van der Waals surface area (Å²) in [5, 5.41) is 10.8. The van der Waals surface area contributed by atoms with Crippen LogP contribution in [0.4, 0.5) is 4.39 Å². The number of aliphatic carboxylic acids is 1. The van der Waals surface area contributed by atoms with Crippen LogP contribution in [0.25, 0.3) is 11.1 Å². The summed E-state index contributed by atoms with van der Waals surface area (Å²) in [7, 11) is 0. The van der Waals surface area contributed by atoms with Crippen molar-refractivity contribution in [1.82, 2.24) is 5.32 Å². The molecule has 0 heterocycles. The lowest BCUT2D eigenvalue weighted by Gasteiger charge is -2.18. The molecule has 0 aromatic heterocycles. The van der Waals surface area contributed by atoms with Crippen LogP contribution in [0, 0.1) is 12.7 Å². The van der Waals surface area contributed by atoms with Crippen LogP contribution >= 0.6 is 0 Å². The van der Waals surface area contributed by atoms with E-state index in [9.17, 15) is 18.8 Å². The van der Waals surface area contributed by atoms with Crippen molar-refractivity contribution in [2.24, 2.45) is 0 Å². The Morgan fingerprint density at radius 1 is 0.750 bits per heavy atom. The zero-order chi connectivity index (χ0) is 29.3. The Bertz CT molecular complexity index is 1440. The number of rotatable bonds is 6. The zero-order valence-electron chi connectivity index (χ0n) is 22.9. The van der Waals surface area contributed by atoms with Crippen molar-refractivity contribution in [3.8, 4) is 16.9 Å². The van der Waals surface area contributed by atoms with E-state index >= 15 is 0 Å². The first-order valence-corrected chi connectivity index (χ1v) is 12.7. The summed E-state index contributed by atoms with van der Waals surface area (Å²) in [6, 6.07) is 27.8. The molecule has 0 radical (unpaired) electrons. The van der Waals surface area contributed by atoms with Crippen molar-refractivity contribution in [3.63, 3.8) is 0 Å². The van der Waals surface area contributed by atoms with Crippen LogP contribution in [0.2, 0.25) is 0 Å². The topological polar surface area (TPSA) is 92.7 Å². The van der Waals surface area contributed by atoms with E-state index in [1.165, 1.54) is 12.1 Å². The van der Waals surface area contributed by atoms with Crippen molar-refractivity contribution >= 4 is 17.8 Å². The lowest BCUT2D eigenvalue weighted by molar-refractivity contribution is -0.135. The van der Waals surface area contributed by atoms with Gasteiger partial charge >= 0.3 is 11.9 Å². The molecule has 0 aliphatic heterocycles. The number of esters is 1. The van der Waals surface area contributed by atoms with Gasteiger partial charge < -0.3 is 15.2 Å². The highest BCUT2D eigenvalue weighted by Gasteiger charge is 2.14. The summed E-state index contributed by atoms with van der Waals surface area (Å²) < 4.78 is 18.3. The van der Waals surface area contributed by atoms with Gasteiger partial charge in [0, 0.05) is 5.56 Å². The summed E-state index contributed by atoms with van der Waals surface area (Å²) >= 11 is 0. The highest BCUT2D eigenvalue weighted by Crippen LogP contribution is 2.23. The van der Waals surface area contributed by atoms with Crippen molar-refractivity contribution in [3.05, 3.63) is 125 Å². The van der Waals surface area contributed by atoms with E-state index in [0.29, 0.717) is 16.9 Å². The number of nitrogens with one attached hydrogen (secondary N) is 1. The predicted molar refractivity (Wildman–Crippen MR) is 153 cm³/mol. The minimum atomic E-state index is -1.05. The van der Waals surface area contributed by atoms with Gasteiger partial charge in [0.25, 0.3) is 5.91 Å². The summed E-state index contributed by atoms with van der Waals surface area (Å²) in [5.74, 6) is -1.58. The van der Waals surface area contributed by atoms with Gasteiger partial charge in [-0.2, -0.15) is 0 Å². The van der Waals surface area contributed by atoms with Crippen molar-refractivity contribution in [2.45, 2.75) is 33.1 Å². The Kier molecular flexibility index (Phi) is 9.92. The molecule has 0 fully saturated rings. The minimum Gasteiger partial charge on any atom is -0.480 e. The third-order valence-electron chi connectivity index (χ3n) is 5.94. The molecule has 0 saturated heterocycles. The molecule has 0 spiro atoms. The van der Waals surface area contributed by atoms with Crippen molar-refractivity contribution in [1.29, 1.82) is 0 Å². The fraction of sp³-hybridized carbons (Fsp3) is 0.182. The number of carboxylic acids is 1. The average molecular weight is 542 g/mol. The lowest BCUT2D eigenvalue weighted by atomic mass is 9.87. The molecule has 0 unspecified atom stereocenters. The fourth-order valence-corrected chi connectivity index (χ4v) is 3.59. The maximum atomic E-state index is 12.9. The largest absolute Gasteiger partial charge is 0.480 e. The Morgan fingerprint density at radius 2 is 1.25 bits per heavy atom. The molecular formula is C33H32FNO5. The molecule has 0 saturated carbocycles. The first-order valence-electron chi connectivity index (χ1n) is 12.7. The van der Waals surface area contributed by atoms with Gasteiger partial charge in [-0.25, -0.2) is 9.18 Å². The van der Waals surface area contributed by atoms with Gasteiger partial charge in [0.2, 0.25) is 0 Å². The summed E-state index contributed by atoms with van der Waals surface area (Å²) in [6.07, 6.45) is 0. The van der Waals surface area contributed by atoms with Crippen LogP contribution < -0.4 is 10.1 Å². The normalized spacial score (nSPS) is 10.6. The first kappa shape index (κ1) is 29.8. The molecule has 6 nitrogen and oxygen atoms in total. The fourth-order valence-electron chi connectivity index (χ4n) is 3.59. The number of carboxylic acid groups (broad SMARTS) is 1. The molecule has 0 atom stereocenters. The second-order valence-electron chi connectivity index (χ2n) is 10.2. The van der Waals surface area contributed by atoms with E-state index in [-0.39, 0.29) is 23.7 Å². The summed E-state index contributed by atoms with van der Waals surface area (Å²) in [5.41, 5.74) is 5.02. The lowest BCUT2D eigenvalue weighted by Crippen LogP contribution is -2.29. The minimum absolute atomic E-state index is 0.0378.